The van der Waals surface area contributed by atoms with Crippen molar-refractivity contribution in [1.82, 2.24) is 0 Å². The van der Waals surface area contributed by atoms with E-state index in [0.717, 1.165) is 5.56 Å². The lowest BCUT2D eigenvalue weighted by Gasteiger charge is -2.11. The molecular weight excluding hydrogens is 197 g/mol. The van der Waals surface area contributed by atoms with Gasteiger partial charge in [-0.05, 0) is 24.1 Å². The maximum absolute atomic E-state index is 13.3. The van der Waals surface area contributed by atoms with Crippen molar-refractivity contribution < 1.29 is 14.2 Å². The minimum absolute atomic E-state index is 0.107. The highest BCUT2D eigenvalue weighted by Gasteiger charge is 2.06. The monoisotopic (exact) mass is 213 g/mol. The number of hydrogen-bond donors (Lipinski definition) is 2. The van der Waals surface area contributed by atoms with Crippen LogP contribution in [-0.4, -0.2) is 17.8 Å². The Morgan fingerprint density at radius 3 is 2.80 bits per heavy atom. The van der Waals surface area contributed by atoms with Crippen molar-refractivity contribution in [2.75, 3.05) is 6.61 Å². The third kappa shape index (κ3) is 3.49. The molecule has 1 unspecified atom stereocenters. The second-order valence-corrected chi connectivity index (χ2v) is 3.34. The Morgan fingerprint density at radius 1 is 1.53 bits per heavy atom. The molecule has 0 heterocycles. The molecule has 0 saturated carbocycles. The van der Waals surface area contributed by atoms with E-state index in [-0.39, 0.29) is 12.4 Å². The Bertz CT molecular complexity index is 317. The quantitative estimate of drug-likeness (QED) is 0.778. The van der Waals surface area contributed by atoms with E-state index in [1.54, 1.807) is 6.07 Å². The highest BCUT2D eigenvalue weighted by Crippen LogP contribution is 2.18. The van der Waals surface area contributed by atoms with Gasteiger partial charge < -0.3 is 15.6 Å². The average molecular weight is 213 g/mol. The van der Waals surface area contributed by atoms with E-state index in [1.807, 2.05) is 6.92 Å². The van der Waals surface area contributed by atoms with Crippen LogP contribution < -0.4 is 10.5 Å². The molecule has 1 aromatic rings. The summed E-state index contributed by atoms with van der Waals surface area (Å²) in [5.74, 6) is -0.291. The molecule has 0 aliphatic heterocycles. The number of rotatable bonds is 5. The molecule has 84 valence electrons. The van der Waals surface area contributed by atoms with Crippen LogP contribution in [0.5, 0.6) is 5.75 Å². The number of nitrogens with two attached hydrogens (primary N) is 1. The van der Waals surface area contributed by atoms with Crippen LogP contribution >= 0.6 is 0 Å². The van der Waals surface area contributed by atoms with E-state index < -0.39 is 11.9 Å². The summed E-state index contributed by atoms with van der Waals surface area (Å²) in [6.07, 6.45) is 0.0290. The average Bonchev–Trinajstić information content (AvgIpc) is 2.26. The zero-order valence-corrected chi connectivity index (χ0v) is 8.74. The molecule has 1 rings (SSSR count). The van der Waals surface area contributed by atoms with Crippen LogP contribution in [0.4, 0.5) is 4.39 Å². The van der Waals surface area contributed by atoms with Gasteiger partial charge in [-0.15, -0.1) is 0 Å². The third-order valence-electron chi connectivity index (χ3n) is 2.13. The van der Waals surface area contributed by atoms with Crippen molar-refractivity contribution in [2.45, 2.75) is 26.0 Å². The molecule has 0 aliphatic rings. The molecule has 0 aliphatic carbocycles. The van der Waals surface area contributed by atoms with Gasteiger partial charge in [-0.1, -0.05) is 13.0 Å². The number of benzene rings is 1. The Hall–Kier alpha value is -1.13. The fraction of sp³-hybridized carbons (Fsp3) is 0.455. The maximum atomic E-state index is 13.3. The Morgan fingerprint density at radius 2 is 2.27 bits per heavy atom. The van der Waals surface area contributed by atoms with Gasteiger partial charge in [0.2, 0.25) is 0 Å². The Kier molecular flexibility index (Phi) is 4.52. The molecule has 1 atom stereocenters. The molecule has 0 fully saturated rings. The number of aliphatic hydroxyl groups excluding tert-OH is 1. The van der Waals surface area contributed by atoms with Crippen LogP contribution in [-0.2, 0) is 6.54 Å². The van der Waals surface area contributed by atoms with Crippen LogP contribution in [0.1, 0.15) is 18.9 Å². The van der Waals surface area contributed by atoms with Crippen LogP contribution in [0.3, 0.4) is 0 Å². The van der Waals surface area contributed by atoms with E-state index in [4.69, 9.17) is 10.5 Å². The van der Waals surface area contributed by atoms with Crippen LogP contribution in [0.2, 0.25) is 0 Å². The summed E-state index contributed by atoms with van der Waals surface area (Å²) < 4.78 is 18.5. The van der Waals surface area contributed by atoms with Crippen molar-refractivity contribution >= 4 is 0 Å². The van der Waals surface area contributed by atoms with Crippen LogP contribution in [0.15, 0.2) is 18.2 Å². The standard InChI is InChI=1S/C11H16FNO2/c1-2-9(14)7-15-11-4-3-8(6-13)5-10(11)12/h3-5,9,14H,2,6-7,13H2,1H3. The molecule has 0 bridgehead atoms. The minimum Gasteiger partial charge on any atom is -0.488 e. The molecular formula is C11H16FNO2. The lowest BCUT2D eigenvalue weighted by molar-refractivity contribution is 0.102. The molecule has 3 N–H and O–H groups in total. The van der Waals surface area contributed by atoms with Gasteiger partial charge in [0, 0.05) is 6.54 Å². The van der Waals surface area contributed by atoms with Gasteiger partial charge in [0.25, 0.3) is 0 Å². The lowest BCUT2D eigenvalue weighted by Crippen LogP contribution is -2.16. The summed E-state index contributed by atoms with van der Waals surface area (Å²) in [6, 6.07) is 4.57. The first-order chi connectivity index (χ1) is 7.17. The second-order valence-electron chi connectivity index (χ2n) is 3.34. The molecule has 0 radical (unpaired) electrons. The highest BCUT2D eigenvalue weighted by atomic mass is 19.1. The smallest absolute Gasteiger partial charge is 0.165 e. The molecule has 4 heteroatoms. The predicted octanol–water partition coefficient (Wildman–Crippen LogP) is 1.43. The molecule has 0 saturated heterocycles. The molecule has 1 aromatic carbocycles. The van der Waals surface area contributed by atoms with Gasteiger partial charge in [0.15, 0.2) is 11.6 Å². The maximum Gasteiger partial charge on any atom is 0.165 e. The number of halogens is 1. The lowest BCUT2D eigenvalue weighted by atomic mass is 10.2. The van der Waals surface area contributed by atoms with Gasteiger partial charge >= 0.3 is 0 Å². The van der Waals surface area contributed by atoms with E-state index in [2.05, 4.69) is 0 Å². The van der Waals surface area contributed by atoms with Gasteiger partial charge in [-0.2, -0.15) is 0 Å². The number of aliphatic hydroxyl groups is 1. The summed E-state index contributed by atoms with van der Waals surface area (Å²) in [5.41, 5.74) is 6.08. The summed E-state index contributed by atoms with van der Waals surface area (Å²) in [6.45, 7) is 2.24. The highest BCUT2D eigenvalue weighted by molar-refractivity contribution is 5.29. The van der Waals surface area contributed by atoms with E-state index >= 15 is 0 Å². The van der Waals surface area contributed by atoms with E-state index in [9.17, 15) is 9.50 Å². The largest absolute Gasteiger partial charge is 0.488 e. The molecule has 3 nitrogen and oxygen atoms in total. The molecule has 0 amide bonds. The van der Waals surface area contributed by atoms with E-state index in [0.29, 0.717) is 13.0 Å². The van der Waals surface area contributed by atoms with Gasteiger partial charge in [-0.25, -0.2) is 4.39 Å². The fourth-order valence-corrected chi connectivity index (χ4v) is 1.09. The third-order valence-corrected chi connectivity index (χ3v) is 2.13. The molecule has 15 heavy (non-hydrogen) atoms. The Balaban J connectivity index is 2.62. The topological polar surface area (TPSA) is 55.5 Å². The zero-order chi connectivity index (χ0) is 11.3. The normalized spacial score (nSPS) is 12.5. The molecule has 0 spiro atoms. The zero-order valence-electron chi connectivity index (χ0n) is 8.74. The van der Waals surface area contributed by atoms with Crippen molar-refractivity contribution in [1.29, 1.82) is 0 Å². The van der Waals surface area contributed by atoms with Gasteiger partial charge in [0.1, 0.15) is 6.61 Å². The van der Waals surface area contributed by atoms with Crippen molar-refractivity contribution in [2.24, 2.45) is 5.73 Å². The van der Waals surface area contributed by atoms with Gasteiger partial charge in [-0.3, -0.25) is 0 Å². The summed E-state index contributed by atoms with van der Waals surface area (Å²) in [5, 5.41) is 9.24. The van der Waals surface area contributed by atoms with Crippen LogP contribution in [0.25, 0.3) is 0 Å². The first-order valence-corrected chi connectivity index (χ1v) is 4.96. The second kappa shape index (κ2) is 5.68. The van der Waals surface area contributed by atoms with Crippen molar-refractivity contribution in [3.8, 4) is 5.75 Å². The van der Waals surface area contributed by atoms with Gasteiger partial charge in [0.05, 0.1) is 6.10 Å². The van der Waals surface area contributed by atoms with E-state index in [1.165, 1.54) is 12.1 Å². The summed E-state index contributed by atoms with van der Waals surface area (Å²) >= 11 is 0. The predicted molar refractivity (Wildman–Crippen MR) is 56.1 cm³/mol. The summed E-state index contributed by atoms with van der Waals surface area (Å²) in [4.78, 5) is 0. The number of ether oxygens (including phenoxy) is 1. The molecule has 0 aromatic heterocycles. The fourth-order valence-electron chi connectivity index (χ4n) is 1.09. The summed E-state index contributed by atoms with van der Waals surface area (Å²) in [7, 11) is 0. The number of hydrogen-bond acceptors (Lipinski definition) is 3. The minimum atomic E-state index is -0.557. The SMILES string of the molecule is CCC(O)COc1ccc(CN)cc1F. The Labute approximate surface area is 88.7 Å². The first kappa shape index (κ1) is 11.9. The first-order valence-electron chi connectivity index (χ1n) is 4.96. The van der Waals surface area contributed by atoms with Crippen LogP contribution in [0, 0.1) is 5.82 Å². The van der Waals surface area contributed by atoms with Crippen molar-refractivity contribution in [3.63, 3.8) is 0 Å². The van der Waals surface area contributed by atoms with Crippen molar-refractivity contribution in [3.05, 3.63) is 29.6 Å².